The normalized spacial score (nSPS) is 14.9. The van der Waals surface area contributed by atoms with Crippen molar-refractivity contribution in [3.63, 3.8) is 0 Å². The first-order valence-electron chi connectivity index (χ1n) is 4.86. The van der Waals surface area contributed by atoms with Crippen molar-refractivity contribution in [2.75, 3.05) is 6.79 Å². The van der Waals surface area contributed by atoms with Crippen molar-refractivity contribution in [2.45, 2.75) is 6.04 Å². The van der Waals surface area contributed by atoms with Gasteiger partial charge in [0.25, 0.3) is 0 Å². The molecule has 0 fully saturated rings. The second kappa shape index (κ2) is 3.90. The lowest BCUT2D eigenvalue weighted by molar-refractivity contribution is 0.174. The van der Waals surface area contributed by atoms with Gasteiger partial charge in [0.2, 0.25) is 13.2 Å². The average Bonchev–Trinajstić information content (AvgIpc) is 2.98. The number of benzene rings is 1. The number of nitrogens with zero attached hydrogens (tertiary/aromatic N) is 2. The van der Waals surface area contributed by atoms with Crippen molar-refractivity contribution in [2.24, 2.45) is 5.73 Å². The van der Waals surface area contributed by atoms with Crippen LogP contribution in [0.2, 0.25) is 5.02 Å². The van der Waals surface area contributed by atoms with E-state index in [2.05, 4.69) is 14.7 Å². The minimum Gasteiger partial charge on any atom is -0.454 e. The highest BCUT2D eigenvalue weighted by Gasteiger charge is 2.22. The summed E-state index contributed by atoms with van der Waals surface area (Å²) in [5.74, 6) is 1.50. The SMILES string of the molecule is NC(c1cc(Cl)c2c(c1)OCO2)c1ncon1. The van der Waals surface area contributed by atoms with Crippen LogP contribution in [0, 0.1) is 0 Å². The van der Waals surface area contributed by atoms with E-state index in [0.717, 1.165) is 5.56 Å². The lowest BCUT2D eigenvalue weighted by Gasteiger charge is -2.09. The number of rotatable bonds is 2. The first-order chi connectivity index (χ1) is 8.25. The van der Waals surface area contributed by atoms with Gasteiger partial charge in [0, 0.05) is 0 Å². The Morgan fingerprint density at radius 3 is 3.00 bits per heavy atom. The molecular weight excluding hydrogens is 246 g/mol. The fourth-order valence-electron chi connectivity index (χ4n) is 1.63. The largest absolute Gasteiger partial charge is 0.454 e. The molecule has 2 heterocycles. The van der Waals surface area contributed by atoms with Crippen LogP contribution in [0.25, 0.3) is 0 Å². The predicted octanol–water partition coefficient (Wildman–Crippen LogP) is 1.50. The Bertz CT molecular complexity index is 544. The van der Waals surface area contributed by atoms with Gasteiger partial charge >= 0.3 is 0 Å². The van der Waals surface area contributed by atoms with Crippen LogP contribution < -0.4 is 15.2 Å². The Hall–Kier alpha value is -1.79. The number of hydrogen-bond donors (Lipinski definition) is 1. The molecule has 1 aliphatic rings. The van der Waals surface area contributed by atoms with E-state index >= 15 is 0 Å². The quantitative estimate of drug-likeness (QED) is 0.873. The molecule has 0 saturated heterocycles. The van der Waals surface area contributed by atoms with Crippen molar-refractivity contribution < 1.29 is 14.0 Å². The first-order valence-corrected chi connectivity index (χ1v) is 5.24. The zero-order valence-electron chi connectivity index (χ0n) is 8.59. The van der Waals surface area contributed by atoms with Gasteiger partial charge in [-0.25, -0.2) is 0 Å². The van der Waals surface area contributed by atoms with E-state index in [1.165, 1.54) is 6.39 Å². The third-order valence-corrected chi connectivity index (χ3v) is 2.75. The topological polar surface area (TPSA) is 83.4 Å². The van der Waals surface area contributed by atoms with Crippen LogP contribution in [0.15, 0.2) is 23.0 Å². The molecule has 17 heavy (non-hydrogen) atoms. The third-order valence-electron chi connectivity index (χ3n) is 2.47. The van der Waals surface area contributed by atoms with E-state index in [0.29, 0.717) is 22.3 Å². The van der Waals surface area contributed by atoms with Crippen molar-refractivity contribution >= 4 is 11.6 Å². The summed E-state index contributed by atoms with van der Waals surface area (Å²) in [6.45, 7) is 0.163. The van der Waals surface area contributed by atoms with Gasteiger partial charge in [-0.1, -0.05) is 16.8 Å². The predicted molar refractivity (Wildman–Crippen MR) is 57.9 cm³/mol. The van der Waals surface area contributed by atoms with Gasteiger partial charge < -0.3 is 19.7 Å². The molecule has 0 radical (unpaired) electrons. The van der Waals surface area contributed by atoms with Gasteiger partial charge in [-0.15, -0.1) is 0 Å². The third kappa shape index (κ3) is 1.71. The maximum absolute atomic E-state index is 6.06. The molecule has 6 nitrogen and oxygen atoms in total. The fourth-order valence-corrected chi connectivity index (χ4v) is 1.91. The molecular formula is C10H8ClN3O3. The molecule has 0 spiro atoms. The number of aromatic nitrogens is 2. The summed E-state index contributed by atoms with van der Waals surface area (Å²) in [7, 11) is 0. The number of ether oxygens (including phenoxy) is 2. The molecule has 1 aliphatic heterocycles. The minimum atomic E-state index is -0.513. The summed E-state index contributed by atoms with van der Waals surface area (Å²) in [6.07, 6.45) is 1.23. The number of hydrogen-bond acceptors (Lipinski definition) is 6. The zero-order chi connectivity index (χ0) is 11.8. The fraction of sp³-hybridized carbons (Fsp3) is 0.200. The van der Waals surface area contributed by atoms with Gasteiger partial charge in [0.05, 0.1) is 11.1 Å². The van der Waals surface area contributed by atoms with Crippen molar-refractivity contribution in [1.29, 1.82) is 0 Å². The highest BCUT2D eigenvalue weighted by Crippen LogP contribution is 2.41. The van der Waals surface area contributed by atoms with Crippen molar-refractivity contribution in [3.8, 4) is 11.5 Å². The molecule has 1 atom stereocenters. The highest BCUT2D eigenvalue weighted by atomic mass is 35.5. The second-order valence-electron chi connectivity index (χ2n) is 3.50. The molecule has 88 valence electrons. The number of nitrogens with two attached hydrogens (primary N) is 1. The lowest BCUT2D eigenvalue weighted by atomic mass is 10.1. The van der Waals surface area contributed by atoms with Crippen molar-refractivity contribution in [1.82, 2.24) is 10.1 Å². The van der Waals surface area contributed by atoms with Crippen LogP contribution in [-0.4, -0.2) is 16.9 Å². The summed E-state index contributed by atoms with van der Waals surface area (Å²) >= 11 is 6.06. The molecule has 0 aliphatic carbocycles. The van der Waals surface area contributed by atoms with E-state index in [-0.39, 0.29) is 6.79 Å². The standard InChI is InChI=1S/C10H8ClN3O3/c11-6-1-5(2-7-9(6)16-4-15-7)8(12)10-13-3-17-14-10/h1-3,8H,4,12H2. The molecule has 1 unspecified atom stereocenters. The average molecular weight is 254 g/mol. The van der Waals surface area contributed by atoms with Gasteiger partial charge in [0.1, 0.15) is 0 Å². The van der Waals surface area contributed by atoms with Crippen LogP contribution in [0.5, 0.6) is 11.5 Å². The van der Waals surface area contributed by atoms with E-state index in [9.17, 15) is 0 Å². The summed E-state index contributed by atoms with van der Waals surface area (Å²) in [5, 5.41) is 4.14. The van der Waals surface area contributed by atoms with Gasteiger partial charge in [0.15, 0.2) is 17.3 Å². The summed E-state index contributed by atoms with van der Waals surface area (Å²) in [5.41, 5.74) is 6.72. The smallest absolute Gasteiger partial charge is 0.231 e. The lowest BCUT2D eigenvalue weighted by Crippen LogP contribution is -2.13. The van der Waals surface area contributed by atoms with Crippen molar-refractivity contribution in [3.05, 3.63) is 34.9 Å². The molecule has 7 heteroatoms. The summed E-state index contributed by atoms with van der Waals surface area (Å²) in [4.78, 5) is 3.90. The van der Waals surface area contributed by atoms with Crippen LogP contribution in [0.4, 0.5) is 0 Å². The van der Waals surface area contributed by atoms with E-state index in [1.807, 2.05) is 0 Å². The second-order valence-corrected chi connectivity index (χ2v) is 3.91. The monoisotopic (exact) mass is 253 g/mol. The molecule has 0 amide bonds. The highest BCUT2D eigenvalue weighted by molar-refractivity contribution is 6.32. The van der Waals surface area contributed by atoms with E-state index < -0.39 is 6.04 Å². The van der Waals surface area contributed by atoms with Gasteiger partial charge in [-0.3, -0.25) is 0 Å². The Kier molecular flexibility index (Phi) is 2.38. The van der Waals surface area contributed by atoms with E-state index in [4.69, 9.17) is 26.8 Å². The van der Waals surface area contributed by atoms with Crippen LogP contribution >= 0.6 is 11.6 Å². The number of fused-ring (bicyclic) bond motifs is 1. The number of halogens is 1. The molecule has 0 saturated carbocycles. The maximum atomic E-state index is 6.06. The Balaban J connectivity index is 2.02. The Morgan fingerprint density at radius 2 is 2.24 bits per heavy atom. The maximum Gasteiger partial charge on any atom is 0.231 e. The summed E-state index contributed by atoms with van der Waals surface area (Å²) in [6, 6.07) is 2.95. The molecule has 2 N–H and O–H groups in total. The van der Waals surface area contributed by atoms with Gasteiger partial charge in [-0.05, 0) is 17.7 Å². The molecule has 1 aromatic carbocycles. The van der Waals surface area contributed by atoms with Gasteiger partial charge in [-0.2, -0.15) is 4.98 Å². The first kappa shape index (κ1) is 10.4. The Labute approximate surface area is 101 Å². The molecule has 3 rings (SSSR count). The minimum absolute atomic E-state index is 0.163. The van der Waals surface area contributed by atoms with Crippen LogP contribution in [0.3, 0.4) is 0 Å². The Morgan fingerprint density at radius 1 is 1.35 bits per heavy atom. The molecule has 0 bridgehead atoms. The van der Waals surface area contributed by atoms with Crippen LogP contribution in [-0.2, 0) is 0 Å². The molecule has 2 aromatic rings. The summed E-state index contributed by atoms with van der Waals surface area (Å²) < 4.78 is 15.1. The van der Waals surface area contributed by atoms with Crippen LogP contribution in [0.1, 0.15) is 17.4 Å². The van der Waals surface area contributed by atoms with E-state index in [1.54, 1.807) is 12.1 Å². The molecule has 1 aromatic heterocycles. The zero-order valence-corrected chi connectivity index (χ0v) is 9.35.